The van der Waals surface area contributed by atoms with Crippen LogP contribution in [0.25, 0.3) is 12.2 Å². The molecule has 3 aromatic rings. The Labute approximate surface area is 142 Å². The summed E-state index contributed by atoms with van der Waals surface area (Å²) in [6.07, 6.45) is 6.74. The van der Waals surface area contributed by atoms with Crippen LogP contribution in [-0.2, 0) is 17.8 Å². The van der Waals surface area contributed by atoms with Crippen LogP contribution in [0, 0.1) is 0 Å². The monoisotopic (exact) mass is 340 g/mol. The van der Waals surface area contributed by atoms with Crippen LogP contribution in [-0.4, -0.2) is 40.8 Å². The van der Waals surface area contributed by atoms with E-state index in [-0.39, 0.29) is 11.6 Å². The zero-order valence-corrected chi connectivity index (χ0v) is 13.1. The molecule has 2 aromatic heterocycles. The van der Waals surface area contributed by atoms with Crippen molar-refractivity contribution >= 4 is 18.1 Å². The predicted molar refractivity (Wildman–Crippen MR) is 90.0 cm³/mol. The Hall–Kier alpha value is -3.55. The van der Waals surface area contributed by atoms with Gasteiger partial charge in [-0.05, 0) is 29.8 Å². The van der Waals surface area contributed by atoms with E-state index < -0.39 is 12.5 Å². The summed E-state index contributed by atoms with van der Waals surface area (Å²) in [7, 11) is 0. The number of imidazole rings is 2. The first-order valence-electron chi connectivity index (χ1n) is 7.47. The Morgan fingerprint density at radius 1 is 1.20 bits per heavy atom. The number of carbonyl (C=O) groups is 1. The molecule has 8 nitrogen and oxygen atoms in total. The second-order valence-corrected chi connectivity index (χ2v) is 5.40. The van der Waals surface area contributed by atoms with Gasteiger partial charge in [0.05, 0.1) is 18.2 Å². The number of carboxylic acid groups (broad SMARTS) is 1. The van der Waals surface area contributed by atoms with Gasteiger partial charge in [0.15, 0.2) is 0 Å². The summed E-state index contributed by atoms with van der Waals surface area (Å²) in [5.74, 6) is -0.810. The number of hydrogen-bond acceptors (Lipinski definition) is 5. The number of aliphatic carboxylic acids is 1. The zero-order chi connectivity index (χ0) is 17.8. The first-order chi connectivity index (χ1) is 12.0. The lowest BCUT2D eigenvalue weighted by Crippen LogP contribution is -2.09. The molecule has 0 aliphatic carbocycles. The van der Waals surface area contributed by atoms with Crippen molar-refractivity contribution in [2.75, 3.05) is 0 Å². The first-order valence-corrected chi connectivity index (χ1v) is 7.47. The molecule has 0 saturated carbocycles. The minimum atomic E-state index is -1.08. The standard InChI is InChI=1S/C17H16N4O4/c22-13-4-1-11(2-5-13)7-14-17(25)21(9-16(23)24)15(20-14)6-3-12-8-18-10-19-12/h1-6,8,10,22,25H,7,9H2,(H,18,19)(H,23,24)/b6-3+. The van der Waals surface area contributed by atoms with E-state index in [0.717, 1.165) is 11.3 Å². The van der Waals surface area contributed by atoms with E-state index >= 15 is 0 Å². The van der Waals surface area contributed by atoms with E-state index in [2.05, 4.69) is 15.0 Å². The molecule has 8 heteroatoms. The number of nitrogens with zero attached hydrogens (tertiary/aromatic N) is 3. The smallest absolute Gasteiger partial charge is 0.323 e. The van der Waals surface area contributed by atoms with Gasteiger partial charge in [-0.1, -0.05) is 12.1 Å². The summed E-state index contributed by atoms with van der Waals surface area (Å²) >= 11 is 0. The number of benzene rings is 1. The number of hydrogen-bond donors (Lipinski definition) is 4. The van der Waals surface area contributed by atoms with Gasteiger partial charge in [-0.15, -0.1) is 0 Å². The molecule has 0 amide bonds. The minimum absolute atomic E-state index is 0.146. The van der Waals surface area contributed by atoms with E-state index in [9.17, 15) is 15.0 Å². The Kier molecular flexibility index (Phi) is 4.51. The molecule has 0 radical (unpaired) electrons. The van der Waals surface area contributed by atoms with Crippen molar-refractivity contribution in [3.8, 4) is 11.6 Å². The van der Waals surface area contributed by atoms with Crippen LogP contribution in [0.2, 0.25) is 0 Å². The van der Waals surface area contributed by atoms with E-state index in [4.69, 9.17) is 5.11 Å². The zero-order valence-electron chi connectivity index (χ0n) is 13.1. The third kappa shape index (κ3) is 3.86. The maximum Gasteiger partial charge on any atom is 0.323 e. The molecular weight excluding hydrogens is 324 g/mol. The van der Waals surface area contributed by atoms with E-state index in [1.807, 2.05) is 0 Å². The van der Waals surface area contributed by atoms with Crippen molar-refractivity contribution in [2.45, 2.75) is 13.0 Å². The van der Waals surface area contributed by atoms with Crippen molar-refractivity contribution < 1.29 is 20.1 Å². The highest BCUT2D eigenvalue weighted by Crippen LogP contribution is 2.24. The second-order valence-electron chi connectivity index (χ2n) is 5.40. The average Bonchev–Trinajstić information content (AvgIpc) is 3.18. The molecule has 128 valence electrons. The molecule has 0 saturated heterocycles. The number of H-pyrrole nitrogens is 1. The highest BCUT2D eigenvalue weighted by Gasteiger charge is 2.17. The highest BCUT2D eigenvalue weighted by atomic mass is 16.4. The molecule has 0 aliphatic rings. The molecule has 0 unspecified atom stereocenters. The number of aromatic nitrogens is 4. The van der Waals surface area contributed by atoms with Crippen molar-refractivity contribution in [1.29, 1.82) is 0 Å². The van der Waals surface area contributed by atoms with E-state index in [1.165, 1.54) is 10.9 Å². The maximum absolute atomic E-state index is 11.1. The molecule has 0 atom stereocenters. The fourth-order valence-corrected chi connectivity index (χ4v) is 2.38. The fourth-order valence-electron chi connectivity index (χ4n) is 2.38. The normalized spacial score (nSPS) is 11.2. The van der Waals surface area contributed by atoms with Crippen LogP contribution >= 0.6 is 0 Å². The van der Waals surface area contributed by atoms with E-state index in [1.54, 1.807) is 42.6 Å². The summed E-state index contributed by atoms with van der Waals surface area (Å²) in [5, 5.41) is 28.8. The minimum Gasteiger partial charge on any atom is -0.508 e. The summed E-state index contributed by atoms with van der Waals surface area (Å²) in [6, 6.07) is 6.51. The van der Waals surface area contributed by atoms with Crippen molar-refractivity contribution in [2.24, 2.45) is 0 Å². The molecule has 3 rings (SSSR count). The third-order valence-electron chi connectivity index (χ3n) is 3.57. The van der Waals surface area contributed by atoms with Crippen LogP contribution in [0.5, 0.6) is 11.6 Å². The van der Waals surface area contributed by atoms with Gasteiger partial charge in [0.1, 0.15) is 23.8 Å². The van der Waals surface area contributed by atoms with Gasteiger partial charge in [-0.3, -0.25) is 9.36 Å². The lowest BCUT2D eigenvalue weighted by Gasteiger charge is -2.03. The van der Waals surface area contributed by atoms with Crippen LogP contribution in [0.15, 0.2) is 36.8 Å². The lowest BCUT2D eigenvalue weighted by atomic mass is 10.1. The molecule has 2 heterocycles. The van der Waals surface area contributed by atoms with Crippen LogP contribution < -0.4 is 0 Å². The largest absolute Gasteiger partial charge is 0.508 e. The van der Waals surface area contributed by atoms with Gasteiger partial charge in [-0.25, -0.2) is 9.97 Å². The second kappa shape index (κ2) is 6.91. The Morgan fingerprint density at radius 3 is 2.60 bits per heavy atom. The van der Waals surface area contributed by atoms with Crippen molar-refractivity contribution in [3.63, 3.8) is 0 Å². The molecule has 0 fully saturated rings. The lowest BCUT2D eigenvalue weighted by molar-refractivity contribution is -0.137. The fraction of sp³-hybridized carbons (Fsp3) is 0.118. The first kappa shape index (κ1) is 16.3. The van der Waals surface area contributed by atoms with Gasteiger partial charge in [0.25, 0.3) is 0 Å². The van der Waals surface area contributed by atoms with Gasteiger partial charge >= 0.3 is 5.97 Å². The topological polar surface area (TPSA) is 124 Å². The molecule has 0 bridgehead atoms. The highest BCUT2D eigenvalue weighted by molar-refractivity contribution is 5.69. The van der Waals surface area contributed by atoms with Crippen LogP contribution in [0.1, 0.15) is 22.8 Å². The Balaban J connectivity index is 1.93. The number of carboxylic acids is 1. The number of phenolic OH excluding ortho intramolecular Hbond substituents is 1. The van der Waals surface area contributed by atoms with Crippen LogP contribution in [0.4, 0.5) is 0 Å². The summed E-state index contributed by atoms with van der Waals surface area (Å²) in [6.45, 7) is -0.406. The Bertz CT molecular complexity index is 896. The van der Waals surface area contributed by atoms with Gasteiger partial charge < -0.3 is 20.3 Å². The number of aromatic amines is 1. The number of nitrogens with one attached hydrogen (secondary N) is 1. The molecular formula is C17H16N4O4. The number of rotatable bonds is 6. The Morgan fingerprint density at radius 2 is 1.96 bits per heavy atom. The van der Waals surface area contributed by atoms with Gasteiger partial charge in [0, 0.05) is 6.42 Å². The molecule has 0 aliphatic heterocycles. The van der Waals surface area contributed by atoms with E-state index in [0.29, 0.717) is 17.9 Å². The molecule has 0 spiro atoms. The summed E-state index contributed by atoms with van der Waals surface area (Å²) in [4.78, 5) is 22.2. The summed E-state index contributed by atoms with van der Waals surface area (Å²) < 4.78 is 1.23. The SMILES string of the molecule is O=C(O)Cn1c(/C=C/c2cnc[nH]2)nc(Cc2ccc(O)cc2)c1O. The maximum atomic E-state index is 11.1. The summed E-state index contributed by atoms with van der Waals surface area (Å²) in [5.41, 5.74) is 1.91. The van der Waals surface area contributed by atoms with Crippen molar-refractivity contribution in [3.05, 3.63) is 59.6 Å². The molecule has 1 aromatic carbocycles. The average molecular weight is 340 g/mol. The third-order valence-corrected chi connectivity index (χ3v) is 3.57. The van der Waals surface area contributed by atoms with Crippen molar-refractivity contribution in [1.82, 2.24) is 19.5 Å². The number of aromatic hydroxyl groups is 2. The van der Waals surface area contributed by atoms with Gasteiger partial charge in [0.2, 0.25) is 5.88 Å². The molecule has 25 heavy (non-hydrogen) atoms. The number of phenols is 1. The van der Waals surface area contributed by atoms with Crippen LogP contribution in [0.3, 0.4) is 0 Å². The predicted octanol–water partition coefficient (Wildman–Crippen LogP) is 1.86. The van der Waals surface area contributed by atoms with Gasteiger partial charge in [-0.2, -0.15) is 0 Å². The quantitative estimate of drug-likeness (QED) is 0.543. The molecule has 4 N–H and O–H groups in total.